The first-order valence-electron chi connectivity index (χ1n) is 8.74. The van der Waals surface area contributed by atoms with E-state index in [4.69, 9.17) is 4.98 Å². The van der Waals surface area contributed by atoms with Gasteiger partial charge in [-0.2, -0.15) is 4.98 Å². The Balaban J connectivity index is 0.00000210. The van der Waals surface area contributed by atoms with Crippen molar-refractivity contribution in [2.45, 2.75) is 13.8 Å². The Labute approximate surface area is 166 Å². The third kappa shape index (κ3) is 3.62. The van der Waals surface area contributed by atoms with E-state index >= 15 is 0 Å². The van der Waals surface area contributed by atoms with Crippen LogP contribution in [0.3, 0.4) is 0 Å². The molecule has 0 saturated heterocycles. The second-order valence-electron chi connectivity index (χ2n) is 6.55. The highest BCUT2D eigenvalue weighted by molar-refractivity contribution is 5.85. The molecule has 0 fully saturated rings. The van der Waals surface area contributed by atoms with E-state index in [0.29, 0.717) is 0 Å². The van der Waals surface area contributed by atoms with Gasteiger partial charge in [-0.05, 0) is 49.2 Å². The maximum absolute atomic E-state index is 4.89. The van der Waals surface area contributed by atoms with Crippen LogP contribution in [0.4, 0.5) is 23.1 Å². The molecule has 0 spiro atoms. The number of benzene rings is 2. The molecule has 4 nitrogen and oxygen atoms in total. The van der Waals surface area contributed by atoms with Gasteiger partial charge in [0, 0.05) is 24.0 Å². The number of hydrogen-bond acceptors (Lipinski definition) is 3. The Bertz CT molecular complexity index is 1020. The van der Waals surface area contributed by atoms with Crippen molar-refractivity contribution in [1.82, 2.24) is 9.97 Å². The van der Waals surface area contributed by atoms with Gasteiger partial charge in [-0.3, -0.25) is 0 Å². The lowest BCUT2D eigenvalue weighted by atomic mass is 10.1. The fourth-order valence-electron chi connectivity index (χ4n) is 3.26. The van der Waals surface area contributed by atoms with Crippen LogP contribution in [-0.4, -0.2) is 17.0 Å². The normalized spacial score (nSPS) is 10.5. The molecule has 0 unspecified atom stereocenters. The minimum atomic E-state index is 0. The average Bonchev–Trinajstić information content (AvgIpc) is 3.11. The second-order valence-corrected chi connectivity index (χ2v) is 6.55. The highest BCUT2D eigenvalue weighted by Crippen LogP contribution is 2.36. The Morgan fingerprint density at radius 3 is 2.30 bits per heavy atom. The second kappa shape index (κ2) is 7.72. The fourth-order valence-corrected chi connectivity index (χ4v) is 3.26. The molecule has 1 aliphatic heterocycles. The van der Waals surface area contributed by atoms with Crippen molar-refractivity contribution in [2.24, 2.45) is 0 Å². The number of H-pyrrole nitrogens is 1. The standard InChI is InChI=1S/C22H22N4.ClH/c1-15-9-4-6-12-18(15)23-22-24-19-13-8-11-17(19)21(25-22)26(3)20-14-7-5-10-16(20)2;/h4-14H,1-3H3,(H2,23,24,25);1H. The van der Waals surface area contributed by atoms with Crippen LogP contribution < -0.4 is 10.2 Å². The van der Waals surface area contributed by atoms with Gasteiger partial charge in [0.15, 0.2) is 0 Å². The van der Waals surface area contributed by atoms with Crippen molar-refractivity contribution < 1.29 is 0 Å². The smallest absolute Gasteiger partial charge is 0.207 e. The third-order valence-electron chi connectivity index (χ3n) is 4.72. The van der Waals surface area contributed by atoms with Crippen LogP contribution in [0.5, 0.6) is 0 Å². The summed E-state index contributed by atoms with van der Waals surface area (Å²) in [5.74, 6) is 1.66. The number of fused-ring (bicyclic) bond motifs is 1. The quantitative estimate of drug-likeness (QED) is 0.453. The van der Waals surface area contributed by atoms with E-state index in [2.05, 4.69) is 90.7 Å². The van der Waals surface area contributed by atoms with Gasteiger partial charge in [0.2, 0.25) is 5.95 Å². The molecular formula is C22H23ClN4. The number of anilines is 4. The van der Waals surface area contributed by atoms with Crippen molar-refractivity contribution >= 4 is 35.5 Å². The first-order valence-corrected chi connectivity index (χ1v) is 8.74. The van der Waals surface area contributed by atoms with E-state index in [9.17, 15) is 0 Å². The first-order chi connectivity index (χ1) is 12.6. The molecule has 27 heavy (non-hydrogen) atoms. The monoisotopic (exact) mass is 378 g/mol. The minimum Gasteiger partial charge on any atom is -0.329 e. The van der Waals surface area contributed by atoms with Crippen LogP contribution in [0.2, 0.25) is 0 Å². The zero-order valence-corrected chi connectivity index (χ0v) is 16.5. The molecule has 0 saturated carbocycles. The molecule has 2 aromatic carbocycles. The van der Waals surface area contributed by atoms with Gasteiger partial charge in [0.1, 0.15) is 5.82 Å². The number of halogens is 1. The molecular weight excluding hydrogens is 356 g/mol. The summed E-state index contributed by atoms with van der Waals surface area (Å²) < 4.78 is 0. The molecule has 2 aliphatic rings. The van der Waals surface area contributed by atoms with Crippen molar-refractivity contribution in [1.29, 1.82) is 0 Å². The van der Waals surface area contributed by atoms with Crippen LogP contribution in [0.25, 0.3) is 11.3 Å². The predicted molar refractivity (Wildman–Crippen MR) is 116 cm³/mol. The van der Waals surface area contributed by atoms with E-state index in [1.165, 1.54) is 11.1 Å². The van der Waals surface area contributed by atoms with Crippen molar-refractivity contribution in [2.75, 3.05) is 17.3 Å². The summed E-state index contributed by atoms with van der Waals surface area (Å²) in [6.07, 6.45) is 0. The molecule has 0 radical (unpaired) electrons. The van der Waals surface area contributed by atoms with Gasteiger partial charge in [-0.25, -0.2) is 0 Å². The minimum absolute atomic E-state index is 0. The Morgan fingerprint density at radius 1 is 0.852 bits per heavy atom. The number of para-hydroxylation sites is 2. The summed E-state index contributed by atoms with van der Waals surface area (Å²) in [4.78, 5) is 10.4. The average molecular weight is 379 g/mol. The first kappa shape index (κ1) is 18.8. The molecule has 138 valence electrons. The molecule has 2 N–H and O–H groups in total. The molecule has 1 heterocycles. The zero-order chi connectivity index (χ0) is 18.1. The van der Waals surface area contributed by atoms with Gasteiger partial charge >= 0.3 is 0 Å². The fraction of sp³-hybridized carbons (Fsp3) is 0.136. The molecule has 1 aliphatic carbocycles. The highest BCUT2D eigenvalue weighted by atomic mass is 35.5. The summed E-state index contributed by atoms with van der Waals surface area (Å²) in [5, 5.41) is 3.42. The number of aromatic nitrogens is 2. The summed E-state index contributed by atoms with van der Waals surface area (Å²) in [6.45, 7) is 4.21. The van der Waals surface area contributed by atoms with E-state index in [-0.39, 0.29) is 12.4 Å². The third-order valence-corrected chi connectivity index (χ3v) is 4.72. The lowest BCUT2D eigenvalue weighted by Crippen LogP contribution is -2.15. The number of nitrogens with zero attached hydrogens (tertiary/aromatic N) is 2. The summed E-state index contributed by atoms with van der Waals surface area (Å²) in [5.41, 5.74) is 6.76. The van der Waals surface area contributed by atoms with Gasteiger partial charge in [0.25, 0.3) is 0 Å². The maximum atomic E-state index is 4.89. The lowest BCUT2D eigenvalue weighted by Gasteiger charge is -2.24. The van der Waals surface area contributed by atoms with Gasteiger partial charge in [-0.15, -0.1) is 12.4 Å². The van der Waals surface area contributed by atoms with Gasteiger partial charge < -0.3 is 15.2 Å². The van der Waals surface area contributed by atoms with Crippen molar-refractivity contribution in [3.05, 3.63) is 77.9 Å². The highest BCUT2D eigenvalue weighted by Gasteiger charge is 2.18. The topological polar surface area (TPSA) is 44.0 Å². The number of nitrogens with one attached hydrogen (secondary N) is 2. The van der Waals surface area contributed by atoms with E-state index in [0.717, 1.165) is 34.4 Å². The molecule has 4 rings (SSSR count). The summed E-state index contributed by atoms with van der Waals surface area (Å²) in [7, 11) is 2.06. The van der Waals surface area contributed by atoms with Crippen LogP contribution in [0.1, 0.15) is 11.1 Å². The number of aryl methyl sites for hydroxylation is 2. The van der Waals surface area contributed by atoms with E-state index < -0.39 is 0 Å². The van der Waals surface area contributed by atoms with Crippen LogP contribution in [0.15, 0.2) is 66.7 Å². The molecule has 0 aromatic heterocycles. The van der Waals surface area contributed by atoms with Crippen LogP contribution in [-0.2, 0) is 0 Å². The maximum Gasteiger partial charge on any atom is 0.207 e. The van der Waals surface area contributed by atoms with E-state index in [1.807, 2.05) is 12.1 Å². The Hall–Kier alpha value is -2.98. The van der Waals surface area contributed by atoms with E-state index in [1.54, 1.807) is 0 Å². The molecule has 5 heteroatoms. The lowest BCUT2D eigenvalue weighted by molar-refractivity contribution is 1.08. The molecule has 0 amide bonds. The molecule has 2 aromatic rings. The zero-order valence-electron chi connectivity index (χ0n) is 15.7. The Morgan fingerprint density at radius 2 is 1.56 bits per heavy atom. The SMILES string of the molecule is Cc1ccccc1Nc1nc(N(C)c2ccccc2C)c2cccc-2[nH]1.Cl. The van der Waals surface area contributed by atoms with Crippen molar-refractivity contribution in [3.63, 3.8) is 0 Å². The molecule has 0 bridgehead atoms. The summed E-state index contributed by atoms with van der Waals surface area (Å²) in [6, 6.07) is 22.8. The number of aromatic amines is 1. The molecule has 0 atom stereocenters. The predicted octanol–water partition coefficient (Wildman–Crippen LogP) is 6.06. The van der Waals surface area contributed by atoms with Gasteiger partial charge in [-0.1, -0.05) is 42.5 Å². The Kier molecular flexibility index (Phi) is 5.38. The largest absolute Gasteiger partial charge is 0.329 e. The number of hydrogen-bond donors (Lipinski definition) is 2. The van der Waals surface area contributed by atoms with Crippen LogP contribution in [0, 0.1) is 13.8 Å². The summed E-state index contributed by atoms with van der Waals surface area (Å²) >= 11 is 0. The van der Waals surface area contributed by atoms with Gasteiger partial charge in [0.05, 0.1) is 5.69 Å². The number of rotatable bonds is 4. The van der Waals surface area contributed by atoms with Crippen LogP contribution >= 0.6 is 12.4 Å². The van der Waals surface area contributed by atoms with Crippen molar-refractivity contribution in [3.8, 4) is 11.3 Å².